The van der Waals surface area contributed by atoms with Crippen molar-refractivity contribution in [3.05, 3.63) is 77.9 Å². The minimum Gasteiger partial charge on any atom is -0.491 e. The van der Waals surface area contributed by atoms with Crippen LogP contribution >= 0.6 is 0 Å². The minimum absolute atomic E-state index is 0.316. The van der Waals surface area contributed by atoms with Crippen LogP contribution in [-0.4, -0.2) is 35.8 Å². The van der Waals surface area contributed by atoms with E-state index in [1.54, 1.807) is 0 Å². The van der Waals surface area contributed by atoms with Crippen molar-refractivity contribution >= 4 is 10.8 Å². The van der Waals surface area contributed by atoms with Gasteiger partial charge >= 0.3 is 0 Å². The third-order valence-electron chi connectivity index (χ3n) is 4.84. The number of nitrogens with zero attached hydrogens (tertiary/aromatic N) is 1. The Morgan fingerprint density at radius 2 is 1.68 bits per heavy atom. The first kappa shape index (κ1) is 16.1. The van der Waals surface area contributed by atoms with E-state index in [2.05, 4.69) is 47.4 Å². The van der Waals surface area contributed by atoms with Gasteiger partial charge in [0.15, 0.2) is 0 Å². The summed E-state index contributed by atoms with van der Waals surface area (Å²) >= 11 is 0. The summed E-state index contributed by atoms with van der Waals surface area (Å²) < 4.78 is 5.81. The highest BCUT2D eigenvalue weighted by Crippen LogP contribution is 2.21. The molecule has 3 aromatic rings. The van der Waals surface area contributed by atoms with Crippen molar-refractivity contribution < 1.29 is 9.84 Å². The summed E-state index contributed by atoms with van der Waals surface area (Å²) in [4.78, 5) is 2.30. The first-order valence-electron chi connectivity index (χ1n) is 8.87. The van der Waals surface area contributed by atoms with Crippen LogP contribution in [0.5, 0.6) is 5.75 Å². The van der Waals surface area contributed by atoms with Crippen LogP contribution in [0, 0.1) is 0 Å². The molecule has 1 aliphatic heterocycles. The number of aliphatic hydroxyl groups is 1. The molecule has 128 valence electrons. The van der Waals surface area contributed by atoms with Crippen molar-refractivity contribution in [1.82, 2.24) is 4.90 Å². The molecule has 0 spiro atoms. The van der Waals surface area contributed by atoms with Gasteiger partial charge in [-0.25, -0.2) is 0 Å². The molecule has 4 rings (SSSR count). The summed E-state index contributed by atoms with van der Waals surface area (Å²) in [5.74, 6) is 0.807. The van der Waals surface area contributed by atoms with Gasteiger partial charge in [0.05, 0.1) is 0 Å². The number of aliphatic hydroxyl groups excluding tert-OH is 1. The average molecular weight is 333 g/mol. The molecule has 0 aromatic heterocycles. The number of rotatable bonds is 5. The number of ether oxygens (including phenoxy) is 1. The van der Waals surface area contributed by atoms with Crippen LogP contribution in [-0.2, 0) is 13.0 Å². The van der Waals surface area contributed by atoms with Crippen molar-refractivity contribution in [1.29, 1.82) is 0 Å². The zero-order valence-corrected chi connectivity index (χ0v) is 14.3. The van der Waals surface area contributed by atoms with E-state index in [0.717, 1.165) is 30.6 Å². The fourth-order valence-corrected chi connectivity index (χ4v) is 3.51. The predicted octanol–water partition coefficient (Wildman–Crippen LogP) is 3.64. The highest BCUT2D eigenvalue weighted by Gasteiger charge is 2.18. The second kappa shape index (κ2) is 7.26. The summed E-state index contributed by atoms with van der Waals surface area (Å²) in [6.45, 7) is 2.85. The van der Waals surface area contributed by atoms with Gasteiger partial charge in [0.2, 0.25) is 0 Å². The van der Waals surface area contributed by atoms with Crippen LogP contribution in [0.1, 0.15) is 11.1 Å². The second-order valence-corrected chi connectivity index (χ2v) is 6.73. The molecule has 0 fully saturated rings. The van der Waals surface area contributed by atoms with Crippen LogP contribution in [0.4, 0.5) is 0 Å². The largest absolute Gasteiger partial charge is 0.491 e. The third-order valence-corrected chi connectivity index (χ3v) is 4.84. The average Bonchev–Trinajstić information content (AvgIpc) is 2.66. The van der Waals surface area contributed by atoms with E-state index in [-0.39, 0.29) is 0 Å². The zero-order chi connectivity index (χ0) is 17.1. The number of benzene rings is 3. The molecular weight excluding hydrogens is 310 g/mol. The van der Waals surface area contributed by atoms with E-state index in [1.807, 2.05) is 24.3 Å². The molecule has 1 heterocycles. The molecule has 0 saturated carbocycles. The van der Waals surface area contributed by atoms with Gasteiger partial charge in [-0.15, -0.1) is 0 Å². The third kappa shape index (κ3) is 3.84. The van der Waals surface area contributed by atoms with Gasteiger partial charge in [-0.1, -0.05) is 54.6 Å². The SMILES string of the molecule is O[C@H](COc1ccc2ccccc2c1)CN1CCc2ccccc2C1. The summed E-state index contributed by atoms with van der Waals surface area (Å²) in [6.07, 6.45) is 0.561. The lowest BCUT2D eigenvalue weighted by Gasteiger charge is -2.30. The molecule has 0 unspecified atom stereocenters. The van der Waals surface area contributed by atoms with E-state index >= 15 is 0 Å². The van der Waals surface area contributed by atoms with E-state index in [0.29, 0.717) is 13.2 Å². The standard InChI is InChI=1S/C22H23NO2/c24-21(15-23-12-11-18-6-2-4-8-20(18)14-23)16-25-22-10-9-17-5-1-3-7-19(17)13-22/h1-10,13,21,24H,11-12,14-16H2/t21-/m0/s1. The van der Waals surface area contributed by atoms with Gasteiger partial charge < -0.3 is 9.84 Å². The molecule has 1 aliphatic rings. The lowest BCUT2D eigenvalue weighted by Crippen LogP contribution is -2.38. The number of fused-ring (bicyclic) bond motifs is 2. The molecule has 0 radical (unpaired) electrons. The molecular formula is C22H23NO2. The molecule has 1 N–H and O–H groups in total. The maximum Gasteiger partial charge on any atom is 0.120 e. The second-order valence-electron chi connectivity index (χ2n) is 6.73. The van der Waals surface area contributed by atoms with Crippen molar-refractivity contribution in [3.63, 3.8) is 0 Å². The highest BCUT2D eigenvalue weighted by atomic mass is 16.5. The molecule has 3 aromatic carbocycles. The zero-order valence-electron chi connectivity index (χ0n) is 14.3. The number of hydrogen-bond donors (Lipinski definition) is 1. The van der Waals surface area contributed by atoms with Crippen LogP contribution in [0.3, 0.4) is 0 Å². The Morgan fingerprint density at radius 3 is 2.56 bits per heavy atom. The maximum atomic E-state index is 10.4. The normalized spacial score (nSPS) is 15.7. The summed E-state index contributed by atoms with van der Waals surface area (Å²) in [5.41, 5.74) is 2.80. The lowest BCUT2D eigenvalue weighted by molar-refractivity contribution is 0.0638. The topological polar surface area (TPSA) is 32.7 Å². The fraction of sp³-hybridized carbons (Fsp3) is 0.273. The molecule has 3 nitrogen and oxygen atoms in total. The first-order chi connectivity index (χ1) is 12.3. The van der Waals surface area contributed by atoms with Crippen LogP contribution < -0.4 is 4.74 Å². The van der Waals surface area contributed by atoms with Crippen LogP contribution in [0.15, 0.2) is 66.7 Å². The highest BCUT2D eigenvalue weighted by molar-refractivity contribution is 5.83. The molecule has 0 saturated heterocycles. The maximum absolute atomic E-state index is 10.4. The summed E-state index contributed by atoms with van der Waals surface area (Å²) in [7, 11) is 0. The Bertz CT molecular complexity index is 861. The quantitative estimate of drug-likeness (QED) is 0.774. The van der Waals surface area contributed by atoms with Gasteiger partial charge in [-0.05, 0) is 40.5 Å². The molecule has 0 amide bonds. The molecule has 0 aliphatic carbocycles. The van der Waals surface area contributed by atoms with Crippen molar-refractivity contribution in [2.24, 2.45) is 0 Å². The van der Waals surface area contributed by atoms with Crippen molar-refractivity contribution in [2.75, 3.05) is 19.7 Å². The Balaban J connectivity index is 1.32. The van der Waals surface area contributed by atoms with Crippen molar-refractivity contribution in [3.8, 4) is 5.75 Å². The van der Waals surface area contributed by atoms with Gasteiger partial charge in [-0.3, -0.25) is 4.90 Å². The summed E-state index contributed by atoms with van der Waals surface area (Å²) in [5, 5.41) is 12.7. The van der Waals surface area contributed by atoms with Gasteiger partial charge in [0.1, 0.15) is 18.5 Å². The van der Waals surface area contributed by atoms with E-state index in [9.17, 15) is 5.11 Å². The van der Waals surface area contributed by atoms with E-state index in [1.165, 1.54) is 16.5 Å². The van der Waals surface area contributed by atoms with Gasteiger partial charge in [-0.2, -0.15) is 0 Å². The van der Waals surface area contributed by atoms with Crippen LogP contribution in [0.2, 0.25) is 0 Å². The fourth-order valence-electron chi connectivity index (χ4n) is 3.51. The van der Waals surface area contributed by atoms with Crippen molar-refractivity contribution in [2.45, 2.75) is 19.1 Å². The monoisotopic (exact) mass is 333 g/mol. The van der Waals surface area contributed by atoms with Gasteiger partial charge in [0, 0.05) is 19.6 Å². The van der Waals surface area contributed by atoms with Gasteiger partial charge in [0.25, 0.3) is 0 Å². The van der Waals surface area contributed by atoms with Crippen LogP contribution in [0.25, 0.3) is 10.8 Å². The Hall–Kier alpha value is -2.36. The Kier molecular flexibility index (Phi) is 4.68. The Labute approximate surface area is 148 Å². The first-order valence-corrected chi connectivity index (χ1v) is 8.87. The minimum atomic E-state index is -0.489. The molecule has 25 heavy (non-hydrogen) atoms. The molecule has 1 atom stereocenters. The number of β-amino-alcohol motifs (C(OH)–C–C–N with tert-alkyl or cyclic N) is 1. The predicted molar refractivity (Wildman–Crippen MR) is 101 cm³/mol. The molecule has 3 heteroatoms. The van der Waals surface area contributed by atoms with E-state index in [4.69, 9.17) is 4.74 Å². The Morgan fingerprint density at radius 1 is 0.920 bits per heavy atom. The lowest BCUT2D eigenvalue weighted by atomic mass is 10.00. The summed E-state index contributed by atoms with van der Waals surface area (Å²) in [6, 6.07) is 22.8. The molecule has 0 bridgehead atoms. The number of hydrogen-bond acceptors (Lipinski definition) is 3. The van der Waals surface area contributed by atoms with E-state index < -0.39 is 6.10 Å². The smallest absolute Gasteiger partial charge is 0.120 e.